The summed E-state index contributed by atoms with van der Waals surface area (Å²) in [6.45, 7) is 1.93. The molecule has 0 saturated carbocycles. The Balaban J connectivity index is 1.53. The Labute approximate surface area is 159 Å². The number of pyridine rings is 1. The van der Waals surface area contributed by atoms with Crippen molar-refractivity contribution < 1.29 is 9.18 Å². The van der Waals surface area contributed by atoms with Crippen LogP contribution in [0.5, 0.6) is 0 Å². The molecule has 0 fully saturated rings. The molecule has 1 N–H and O–H groups in total. The number of amides is 1. The van der Waals surface area contributed by atoms with Crippen molar-refractivity contribution in [2.45, 2.75) is 13.3 Å². The number of carbonyl (C=O) groups excluding carboxylic acids is 1. The highest BCUT2D eigenvalue weighted by molar-refractivity contribution is 7.16. The Morgan fingerprint density at radius 1 is 1.11 bits per heavy atom. The molecule has 0 bridgehead atoms. The molecule has 0 spiro atoms. The molecule has 0 saturated heterocycles. The molecule has 0 radical (unpaired) electrons. The van der Waals surface area contributed by atoms with Crippen LogP contribution in [-0.2, 0) is 11.2 Å². The molecule has 0 aliphatic carbocycles. The fourth-order valence-corrected chi connectivity index (χ4v) is 3.82. The van der Waals surface area contributed by atoms with Crippen LogP contribution in [0, 0.1) is 12.7 Å². The van der Waals surface area contributed by atoms with Gasteiger partial charge in [-0.1, -0.05) is 24.3 Å². The van der Waals surface area contributed by atoms with Gasteiger partial charge in [-0.25, -0.2) is 9.37 Å². The number of nitrogens with zero attached hydrogens (tertiary/aromatic N) is 2. The third-order valence-electron chi connectivity index (χ3n) is 4.23. The van der Waals surface area contributed by atoms with E-state index in [-0.39, 0.29) is 18.1 Å². The average molecular weight is 377 g/mol. The Morgan fingerprint density at radius 2 is 1.89 bits per heavy atom. The molecule has 0 atom stereocenters. The highest BCUT2D eigenvalue weighted by Gasteiger charge is 2.13. The van der Waals surface area contributed by atoms with Crippen LogP contribution in [0.3, 0.4) is 0 Å². The highest BCUT2D eigenvalue weighted by atomic mass is 32.1. The third-order valence-corrected chi connectivity index (χ3v) is 5.11. The molecular formula is C21H16FN3OS. The van der Waals surface area contributed by atoms with Crippen LogP contribution in [0.25, 0.3) is 22.2 Å². The molecule has 0 aliphatic rings. The SMILES string of the molecule is Cc1sc(NC(=O)Cc2cccc3cccnc23)nc1-c1ccc(F)cc1. The lowest BCUT2D eigenvalue weighted by atomic mass is 10.1. The number of para-hydroxylation sites is 1. The number of halogens is 1. The number of rotatable bonds is 4. The summed E-state index contributed by atoms with van der Waals surface area (Å²) >= 11 is 1.40. The van der Waals surface area contributed by atoms with Gasteiger partial charge in [-0.2, -0.15) is 0 Å². The second-order valence-electron chi connectivity index (χ2n) is 6.15. The lowest BCUT2D eigenvalue weighted by Gasteiger charge is -2.05. The van der Waals surface area contributed by atoms with E-state index in [0.29, 0.717) is 5.13 Å². The molecule has 1 amide bonds. The van der Waals surface area contributed by atoms with E-state index in [1.165, 1.54) is 23.5 Å². The number of carbonyl (C=O) groups is 1. The molecule has 2 heterocycles. The Kier molecular flexibility index (Phi) is 4.64. The van der Waals surface area contributed by atoms with Gasteiger partial charge in [-0.15, -0.1) is 11.3 Å². The number of nitrogens with one attached hydrogen (secondary N) is 1. The van der Waals surface area contributed by atoms with Crippen LogP contribution in [0.15, 0.2) is 60.8 Å². The van der Waals surface area contributed by atoms with Gasteiger partial charge in [-0.05, 0) is 42.8 Å². The minimum atomic E-state index is -0.288. The van der Waals surface area contributed by atoms with E-state index in [1.54, 1.807) is 18.3 Å². The first kappa shape index (κ1) is 17.3. The molecule has 0 aliphatic heterocycles. The maximum atomic E-state index is 13.1. The van der Waals surface area contributed by atoms with Crippen molar-refractivity contribution in [2.75, 3.05) is 5.32 Å². The van der Waals surface area contributed by atoms with E-state index < -0.39 is 0 Å². The quantitative estimate of drug-likeness (QED) is 0.545. The maximum Gasteiger partial charge on any atom is 0.230 e. The van der Waals surface area contributed by atoms with Crippen molar-refractivity contribution in [3.05, 3.63) is 77.1 Å². The van der Waals surface area contributed by atoms with E-state index in [0.717, 1.165) is 32.6 Å². The van der Waals surface area contributed by atoms with Gasteiger partial charge in [-0.3, -0.25) is 9.78 Å². The minimum absolute atomic E-state index is 0.146. The van der Waals surface area contributed by atoms with Gasteiger partial charge in [0.2, 0.25) is 5.91 Å². The molecule has 2 aromatic carbocycles. The number of thiazole rings is 1. The Morgan fingerprint density at radius 3 is 2.70 bits per heavy atom. The summed E-state index contributed by atoms with van der Waals surface area (Å²) in [7, 11) is 0. The lowest BCUT2D eigenvalue weighted by molar-refractivity contribution is -0.115. The van der Waals surface area contributed by atoms with Crippen LogP contribution in [0.2, 0.25) is 0 Å². The topological polar surface area (TPSA) is 54.9 Å². The molecule has 6 heteroatoms. The number of aromatic nitrogens is 2. The van der Waals surface area contributed by atoms with Crippen molar-refractivity contribution in [3.63, 3.8) is 0 Å². The molecular weight excluding hydrogens is 361 g/mol. The monoisotopic (exact) mass is 377 g/mol. The maximum absolute atomic E-state index is 13.1. The van der Waals surface area contributed by atoms with Crippen molar-refractivity contribution in [1.29, 1.82) is 0 Å². The summed E-state index contributed by atoms with van der Waals surface area (Å²) in [6, 6.07) is 15.8. The fourth-order valence-electron chi connectivity index (χ4n) is 2.97. The molecule has 4 aromatic rings. The van der Waals surface area contributed by atoms with Crippen molar-refractivity contribution in [1.82, 2.24) is 9.97 Å². The molecule has 27 heavy (non-hydrogen) atoms. The van der Waals surface area contributed by atoms with Crippen LogP contribution < -0.4 is 5.32 Å². The first-order valence-corrected chi connectivity index (χ1v) is 9.27. The Hall–Kier alpha value is -3.12. The number of anilines is 1. The second kappa shape index (κ2) is 7.25. The number of hydrogen-bond donors (Lipinski definition) is 1. The smallest absolute Gasteiger partial charge is 0.230 e. The summed E-state index contributed by atoms with van der Waals surface area (Å²) in [5.74, 6) is -0.434. The largest absolute Gasteiger partial charge is 0.302 e. The zero-order valence-electron chi connectivity index (χ0n) is 14.6. The normalized spacial score (nSPS) is 10.9. The lowest BCUT2D eigenvalue weighted by Crippen LogP contribution is -2.14. The van der Waals surface area contributed by atoms with Gasteiger partial charge in [0.25, 0.3) is 0 Å². The van der Waals surface area contributed by atoms with Gasteiger partial charge in [0, 0.05) is 22.0 Å². The molecule has 2 aromatic heterocycles. The molecule has 4 rings (SSSR count). The van der Waals surface area contributed by atoms with Crippen LogP contribution >= 0.6 is 11.3 Å². The number of hydrogen-bond acceptors (Lipinski definition) is 4. The average Bonchev–Trinajstić information content (AvgIpc) is 3.02. The van der Waals surface area contributed by atoms with Gasteiger partial charge in [0.15, 0.2) is 5.13 Å². The summed E-state index contributed by atoms with van der Waals surface area (Å²) in [6.07, 6.45) is 1.95. The second-order valence-corrected chi connectivity index (χ2v) is 7.35. The van der Waals surface area contributed by atoms with Crippen LogP contribution in [-0.4, -0.2) is 15.9 Å². The van der Waals surface area contributed by atoms with Crippen molar-refractivity contribution in [2.24, 2.45) is 0 Å². The summed E-state index contributed by atoms with van der Waals surface area (Å²) in [5.41, 5.74) is 3.28. The summed E-state index contributed by atoms with van der Waals surface area (Å²) < 4.78 is 13.1. The predicted molar refractivity (Wildman–Crippen MR) is 106 cm³/mol. The number of fused-ring (bicyclic) bond motifs is 1. The zero-order valence-corrected chi connectivity index (χ0v) is 15.4. The first-order chi connectivity index (χ1) is 13.1. The summed E-state index contributed by atoms with van der Waals surface area (Å²) in [5, 5.41) is 4.40. The Bertz CT molecular complexity index is 1120. The van der Waals surface area contributed by atoms with Crippen molar-refractivity contribution in [3.8, 4) is 11.3 Å². The predicted octanol–water partition coefficient (Wildman–Crippen LogP) is 4.99. The van der Waals surface area contributed by atoms with E-state index in [4.69, 9.17) is 0 Å². The van der Waals surface area contributed by atoms with Gasteiger partial charge < -0.3 is 5.32 Å². The molecule has 4 nitrogen and oxygen atoms in total. The third kappa shape index (κ3) is 3.71. The zero-order chi connectivity index (χ0) is 18.8. The van der Waals surface area contributed by atoms with Gasteiger partial charge in [0.1, 0.15) is 5.82 Å². The van der Waals surface area contributed by atoms with E-state index >= 15 is 0 Å². The van der Waals surface area contributed by atoms with Gasteiger partial charge in [0.05, 0.1) is 17.6 Å². The fraction of sp³-hybridized carbons (Fsp3) is 0.0952. The number of benzene rings is 2. The van der Waals surface area contributed by atoms with E-state index in [1.807, 2.05) is 37.3 Å². The van der Waals surface area contributed by atoms with Crippen LogP contribution in [0.4, 0.5) is 9.52 Å². The first-order valence-electron chi connectivity index (χ1n) is 8.46. The van der Waals surface area contributed by atoms with Crippen LogP contribution in [0.1, 0.15) is 10.4 Å². The summed E-state index contributed by atoms with van der Waals surface area (Å²) in [4.78, 5) is 22.4. The van der Waals surface area contributed by atoms with Crippen molar-refractivity contribution >= 4 is 33.3 Å². The van der Waals surface area contributed by atoms with Gasteiger partial charge >= 0.3 is 0 Å². The minimum Gasteiger partial charge on any atom is -0.302 e. The van der Waals surface area contributed by atoms with E-state index in [9.17, 15) is 9.18 Å². The number of aryl methyl sites for hydroxylation is 1. The highest BCUT2D eigenvalue weighted by Crippen LogP contribution is 2.30. The molecule has 0 unspecified atom stereocenters. The molecule has 134 valence electrons. The standard InChI is InChI=1S/C21H16FN3OS/c1-13-19(15-7-9-17(22)10-8-15)25-21(27-13)24-18(26)12-16-5-2-4-14-6-3-11-23-20(14)16/h2-11H,12H2,1H3,(H,24,25,26). The van der Waals surface area contributed by atoms with E-state index in [2.05, 4.69) is 15.3 Å².